The molecule has 0 radical (unpaired) electrons. The standard InChI is InChI=1S/C28H20BrN3O5/c1-15-6-12-19(32(36)37)14-22(15)31-27(34)23-21-13-9-16-4-2-3-5-20(16)30(21)25(24(23)28(31)35)26(33)17-7-10-18(29)11-8-17/h2-14,21,23-25H,1H3. The van der Waals surface area contributed by atoms with E-state index in [4.69, 9.17) is 0 Å². The fourth-order valence-electron chi connectivity index (χ4n) is 5.79. The van der Waals surface area contributed by atoms with Crippen molar-refractivity contribution < 1.29 is 19.3 Å². The van der Waals surface area contributed by atoms with E-state index in [9.17, 15) is 24.5 Å². The van der Waals surface area contributed by atoms with Gasteiger partial charge in [-0.15, -0.1) is 0 Å². The van der Waals surface area contributed by atoms with Crippen LogP contribution in [0.25, 0.3) is 6.08 Å². The molecule has 9 heteroatoms. The topological polar surface area (TPSA) is 101 Å². The molecule has 0 aromatic heterocycles. The number of benzene rings is 3. The number of carbonyl (C=O) groups is 3. The van der Waals surface area contributed by atoms with E-state index in [1.54, 1.807) is 31.2 Å². The predicted molar refractivity (Wildman–Crippen MR) is 141 cm³/mol. The third-order valence-electron chi connectivity index (χ3n) is 7.46. The summed E-state index contributed by atoms with van der Waals surface area (Å²) in [6.45, 7) is 1.70. The summed E-state index contributed by atoms with van der Waals surface area (Å²) >= 11 is 3.39. The molecule has 0 saturated carbocycles. The molecule has 0 bridgehead atoms. The number of imide groups is 1. The van der Waals surface area contributed by atoms with E-state index in [2.05, 4.69) is 15.9 Å². The summed E-state index contributed by atoms with van der Waals surface area (Å²) in [6, 6.07) is 17.2. The summed E-state index contributed by atoms with van der Waals surface area (Å²) in [5, 5.41) is 11.4. The first-order valence-electron chi connectivity index (χ1n) is 11.8. The third-order valence-corrected chi connectivity index (χ3v) is 7.99. The Morgan fingerprint density at radius 3 is 2.38 bits per heavy atom. The highest BCUT2D eigenvalue weighted by molar-refractivity contribution is 9.10. The molecule has 37 heavy (non-hydrogen) atoms. The van der Waals surface area contributed by atoms with Gasteiger partial charge in [0, 0.05) is 27.9 Å². The lowest BCUT2D eigenvalue weighted by molar-refractivity contribution is -0.384. The Bertz CT molecular complexity index is 1530. The van der Waals surface area contributed by atoms with Gasteiger partial charge in [-0.05, 0) is 36.2 Å². The second-order valence-electron chi connectivity index (χ2n) is 9.42. The van der Waals surface area contributed by atoms with Gasteiger partial charge < -0.3 is 4.90 Å². The van der Waals surface area contributed by atoms with E-state index in [0.29, 0.717) is 11.1 Å². The van der Waals surface area contributed by atoms with Crippen LogP contribution in [0.1, 0.15) is 21.5 Å². The van der Waals surface area contributed by atoms with Crippen LogP contribution in [0.15, 0.2) is 77.3 Å². The Balaban J connectivity index is 1.50. The number of hydrogen-bond donors (Lipinski definition) is 0. The van der Waals surface area contributed by atoms with Crippen LogP contribution in [0.4, 0.5) is 17.1 Å². The zero-order valence-corrected chi connectivity index (χ0v) is 21.2. The summed E-state index contributed by atoms with van der Waals surface area (Å²) in [5.41, 5.74) is 2.65. The van der Waals surface area contributed by atoms with Gasteiger partial charge in [-0.2, -0.15) is 0 Å². The van der Waals surface area contributed by atoms with E-state index < -0.39 is 40.7 Å². The van der Waals surface area contributed by atoms with Crippen LogP contribution in [0.2, 0.25) is 0 Å². The number of fused-ring (bicyclic) bond motifs is 5. The van der Waals surface area contributed by atoms with Crippen molar-refractivity contribution in [2.75, 3.05) is 9.80 Å². The molecule has 8 nitrogen and oxygen atoms in total. The van der Waals surface area contributed by atoms with Crippen molar-refractivity contribution in [2.24, 2.45) is 11.8 Å². The predicted octanol–water partition coefficient (Wildman–Crippen LogP) is 4.94. The van der Waals surface area contributed by atoms with Crippen LogP contribution < -0.4 is 9.80 Å². The molecule has 3 aromatic rings. The normalized spacial score (nSPS) is 23.6. The fourth-order valence-corrected chi connectivity index (χ4v) is 6.05. The number of hydrogen-bond acceptors (Lipinski definition) is 6. The van der Waals surface area contributed by atoms with Crippen LogP contribution in [0.5, 0.6) is 0 Å². The van der Waals surface area contributed by atoms with E-state index in [1.807, 2.05) is 41.3 Å². The highest BCUT2D eigenvalue weighted by Gasteiger charge is 2.64. The number of nitro groups is 1. The highest BCUT2D eigenvalue weighted by Crippen LogP contribution is 2.50. The zero-order valence-electron chi connectivity index (χ0n) is 19.6. The number of anilines is 2. The Kier molecular flexibility index (Phi) is 5.34. The molecular weight excluding hydrogens is 538 g/mol. The second-order valence-corrected chi connectivity index (χ2v) is 10.3. The maximum Gasteiger partial charge on any atom is 0.271 e. The summed E-state index contributed by atoms with van der Waals surface area (Å²) in [6.07, 6.45) is 3.79. The molecule has 0 spiro atoms. The largest absolute Gasteiger partial charge is 0.352 e. The zero-order chi connectivity index (χ0) is 26.0. The minimum absolute atomic E-state index is 0.181. The second kappa shape index (κ2) is 8.48. The number of non-ortho nitro benzene ring substituents is 1. The van der Waals surface area contributed by atoms with Gasteiger partial charge in [-0.3, -0.25) is 24.5 Å². The van der Waals surface area contributed by atoms with Gasteiger partial charge in [0.15, 0.2) is 5.78 Å². The lowest BCUT2D eigenvalue weighted by Gasteiger charge is -2.36. The number of amides is 2. The first-order chi connectivity index (χ1) is 17.8. The lowest BCUT2D eigenvalue weighted by Crippen LogP contribution is -2.49. The smallest absolute Gasteiger partial charge is 0.271 e. The van der Waals surface area contributed by atoms with Crippen molar-refractivity contribution in [3.05, 3.63) is 104 Å². The Labute approximate surface area is 220 Å². The van der Waals surface area contributed by atoms with Gasteiger partial charge in [0.1, 0.15) is 6.04 Å². The molecule has 0 N–H and O–H groups in total. The third kappa shape index (κ3) is 3.45. The highest BCUT2D eigenvalue weighted by atomic mass is 79.9. The quantitative estimate of drug-likeness (QED) is 0.195. The number of ketones is 1. The van der Waals surface area contributed by atoms with E-state index >= 15 is 0 Å². The Hall–Kier alpha value is -4.11. The molecule has 0 aliphatic carbocycles. The Morgan fingerprint density at radius 2 is 1.65 bits per heavy atom. The van der Waals surface area contributed by atoms with Crippen LogP contribution in [-0.4, -0.2) is 34.6 Å². The van der Waals surface area contributed by atoms with Crippen molar-refractivity contribution in [1.82, 2.24) is 0 Å². The molecular formula is C28H20BrN3O5. The molecule has 184 valence electrons. The van der Waals surface area contributed by atoms with E-state index in [0.717, 1.165) is 20.6 Å². The maximum absolute atomic E-state index is 14.0. The molecule has 6 rings (SSSR count). The Morgan fingerprint density at radius 1 is 0.946 bits per heavy atom. The fraction of sp³-hybridized carbons (Fsp3) is 0.179. The summed E-state index contributed by atoms with van der Waals surface area (Å²) in [7, 11) is 0. The SMILES string of the molecule is Cc1ccc([N+](=O)[O-])cc1N1C(=O)C2C(C1=O)C(C(=O)c1ccc(Br)cc1)N1c3ccccc3C=CC21. The average Bonchev–Trinajstić information content (AvgIpc) is 3.37. The number of Topliss-reactive ketones (excluding diaryl/α,β-unsaturated/α-hetero) is 1. The van der Waals surface area contributed by atoms with Crippen molar-refractivity contribution in [1.29, 1.82) is 0 Å². The molecule has 3 heterocycles. The summed E-state index contributed by atoms with van der Waals surface area (Å²) in [4.78, 5) is 55.7. The average molecular weight is 558 g/mol. The number of nitro benzene ring substituents is 1. The molecule has 3 aliphatic heterocycles. The van der Waals surface area contributed by atoms with Gasteiger partial charge in [0.2, 0.25) is 11.8 Å². The van der Waals surface area contributed by atoms with E-state index in [1.165, 1.54) is 18.2 Å². The molecule has 3 aliphatic rings. The van der Waals surface area contributed by atoms with Crippen LogP contribution in [0, 0.1) is 28.9 Å². The number of carbonyl (C=O) groups excluding carboxylic acids is 3. The molecule has 4 atom stereocenters. The lowest BCUT2D eigenvalue weighted by atomic mass is 9.86. The van der Waals surface area contributed by atoms with E-state index in [-0.39, 0.29) is 17.2 Å². The number of para-hydroxylation sites is 1. The van der Waals surface area contributed by atoms with Crippen LogP contribution in [0.3, 0.4) is 0 Å². The summed E-state index contributed by atoms with van der Waals surface area (Å²) < 4.78 is 0.817. The monoisotopic (exact) mass is 557 g/mol. The van der Waals surface area contributed by atoms with Crippen molar-refractivity contribution >= 4 is 56.7 Å². The minimum Gasteiger partial charge on any atom is -0.352 e. The molecule has 2 amide bonds. The van der Waals surface area contributed by atoms with Crippen LogP contribution >= 0.6 is 15.9 Å². The van der Waals surface area contributed by atoms with Crippen molar-refractivity contribution in [3.63, 3.8) is 0 Å². The van der Waals surface area contributed by atoms with Crippen molar-refractivity contribution in [3.8, 4) is 0 Å². The number of halogens is 1. The minimum atomic E-state index is -0.942. The molecule has 3 aromatic carbocycles. The summed E-state index contributed by atoms with van der Waals surface area (Å²) in [5.74, 6) is -2.98. The van der Waals surface area contributed by atoms with Gasteiger partial charge in [-0.25, -0.2) is 4.90 Å². The number of aryl methyl sites for hydroxylation is 1. The first kappa shape index (κ1) is 23.3. The van der Waals surface area contributed by atoms with Gasteiger partial charge in [-0.1, -0.05) is 64.5 Å². The van der Waals surface area contributed by atoms with Gasteiger partial charge >= 0.3 is 0 Å². The van der Waals surface area contributed by atoms with Gasteiger partial charge in [0.25, 0.3) is 5.69 Å². The number of nitrogens with zero attached hydrogens (tertiary/aromatic N) is 3. The molecule has 4 unspecified atom stereocenters. The van der Waals surface area contributed by atoms with Crippen molar-refractivity contribution in [2.45, 2.75) is 19.0 Å². The maximum atomic E-state index is 14.0. The molecule has 2 saturated heterocycles. The molecule has 2 fully saturated rings. The number of rotatable bonds is 4. The van der Waals surface area contributed by atoms with Crippen LogP contribution in [-0.2, 0) is 9.59 Å². The van der Waals surface area contributed by atoms with Gasteiger partial charge in [0.05, 0.1) is 28.5 Å². The first-order valence-corrected chi connectivity index (χ1v) is 12.6.